The average Bonchev–Trinajstić information content (AvgIpc) is 2.25. The van der Waals surface area contributed by atoms with Gasteiger partial charge in [0.2, 0.25) is 0 Å². The number of nitrogens with one attached hydrogen (secondary N) is 3. The molecule has 0 saturated heterocycles. The van der Waals surface area contributed by atoms with Crippen LogP contribution < -0.4 is 16.4 Å². The lowest BCUT2D eigenvalue weighted by molar-refractivity contribution is -0.134. The Kier molecular flexibility index (Phi) is 11.9. The summed E-state index contributed by atoms with van der Waals surface area (Å²) in [5, 5.41) is 28.3. The third kappa shape index (κ3) is 21.1. The topological polar surface area (TPSA) is 152 Å². The van der Waals surface area contributed by atoms with Crippen molar-refractivity contribution >= 4 is 35.2 Å². The molecule has 0 aromatic carbocycles. The van der Waals surface area contributed by atoms with Gasteiger partial charge in [-0.25, -0.2) is 9.59 Å². The largest absolute Gasteiger partial charge is 0.478 e. The van der Waals surface area contributed by atoms with Gasteiger partial charge in [-0.15, -0.1) is 0 Å². The Labute approximate surface area is 121 Å². The zero-order valence-electron chi connectivity index (χ0n) is 11.2. The Balaban J connectivity index is 0. The number of likely N-dealkylation sites (N-methyl/N-ethyl adjacent to an activating group) is 1. The van der Waals surface area contributed by atoms with Crippen LogP contribution in [0.1, 0.15) is 0 Å². The summed E-state index contributed by atoms with van der Waals surface area (Å²) in [6, 6.07) is 0. The Morgan fingerprint density at radius 3 is 2.05 bits per heavy atom. The highest BCUT2D eigenvalue weighted by Crippen LogP contribution is 1.71. The molecule has 9 nitrogen and oxygen atoms in total. The number of guanidine groups is 1. The molecule has 0 aliphatic heterocycles. The van der Waals surface area contributed by atoms with E-state index in [1.165, 1.54) is 0 Å². The number of aliphatic carboxylic acids is 2. The fourth-order valence-electron chi connectivity index (χ4n) is 0.714. The third-order valence-corrected chi connectivity index (χ3v) is 1.58. The second-order valence-electron chi connectivity index (χ2n) is 3.60. The summed E-state index contributed by atoms with van der Waals surface area (Å²) in [4.78, 5) is 21.1. The van der Waals surface area contributed by atoms with Gasteiger partial charge >= 0.3 is 11.9 Å². The number of thiocarbonyl (C=S) groups is 1. The number of carbonyl (C=O) groups is 2. The molecule has 0 aliphatic rings. The van der Waals surface area contributed by atoms with Crippen LogP contribution in [-0.4, -0.2) is 65.3 Å². The van der Waals surface area contributed by atoms with E-state index in [-0.39, 0.29) is 11.1 Å². The standard InChI is InChI=1S/C6H15N5S.C4H4O4/c1-11(2)4-3-9-5(7)10-6(8)12;5-3(6)1-2-4(7)8/h3-4H2,1-2H3,(H5,7,8,9,10,12);1-2H,(H,5,6)(H,7,8)/b;2-1-. The number of carboxylic acid groups (broad SMARTS) is 2. The van der Waals surface area contributed by atoms with Crippen LogP contribution in [0.5, 0.6) is 0 Å². The summed E-state index contributed by atoms with van der Waals surface area (Å²) in [5.41, 5.74) is 5.15. The fourth-order valence-corrected chi connectivity index (χ4v) is 0.817. The normalized spacial score (nSPS) is 9.55. The van der Waals surface area contributed by atoms with Gasteiger partial charge in [-0.3, -0.25) is 5.41 Å². The predicted molar refractivity (Wildman–Crippen MR) is 78.6 cm³/mol. The number of nitrogens with two attached hydrogens (primary N) is 1. The summed E-state index contributed by atoms with van der Waals surface area (Å²) in [7, 11) is 3.93. The molecule has 114 valence electrons. The highest BCUT2D eigenvalue weighted by atomic mass is 32.1. The molecule has 0 fully saturated rings. The summed E-state index contributed by atoms with van der Waals surface area (Å²) >= 11 is 4.55. The highest BCUT2D eigenvalue weighted by Gasteiger charge is 1.95. The minimum Gasteiger partial charge on any atom is -0.478 e. The van der Waals surface area contributed by atoms with E-state index in [9.17, 15) is 9.59 Å². The maximum atomic E-state index is 9.55. The van der Waals surface area contributed by atoms with E-state index >= 15 is 0 Å². The average molecular weight is 305 g/mol. The van der Waals surface area contributed by atoms with Crippen LogP contribution in [0.3, 0.4) is 0 Å². The molecule has 7 N–H and O–H groups in total. The first-order valence-corrected chi connectivity index (χ1v) is 5.73. The monoisotopic (exact) mass is 305 g/mol. The number of nitrogens with zero attached hydrogens (tertiary/aromatic N) is 1. The van der Waals surface area contributed by atoms with Gasteiger partial charge in [-0.05, 0) is 26.3 Å². The van der Waals surface area contributed by atoms with Gasteiger partial charge in [0.15, 0.2) is 11.1 Å². The van der Waals surface area contributed by atoms with Gasteiger partial charge in [0, 0.05) is 25.2 Å². The molecule has 0 heterocycles. The molecule has 0 rings (SSSR count). The molecule has 0 aromatic rings. The van der Waals surface area contributed by atoms with Gasteiger partial charge in [-0.1, -0.05) is 0 Å². The molecule has 0 saturated carbocycles. The first-order chi connectivity index (χ1) is 9.15. The number of rotatable bonds is 5. The molecular weight excluding hydrogens is 286 g/mol. The second-order valence-corrected chi connectivity index (χ2v) is 4.04. The molecular formula is C10H19N5O4S. The van der Waals surface area contributed by atoms with E-state index in [2.05, 4.69) is 22.9 Å². The minimum absolute atomic E-state index is 0.109. The molecule has 0 spiro atoms. The summed E-state index contributed by atoms with van der Waals surface area (Å²) < 4.78 is 0. The van der Waals surface area contributed by atoms with Crippen molar-refractivity contribution < 1.29 is 19.8 Å². The van der Waals surface area contributed by atoms with Crippen LogP contribution in [0.4, 0.5) is 0 Å². The SMILES string of the molecule is CN(C)CCNC(=N)NC(N)=S.O=C(O)/C=C\C(=O)O. The lowest BCUT2D eigenvalue weighted by Crippen LogP contribution is -2.44. The third-order valence-electron chi connectivity index (χ3n) is 1.48. The zero-order chi connectivity index (χ0) is 16.1. The lowest BCUT2D eigenvalue weighted by atomic mass is 10.5. The molecule has 0 aromatic heterocycles. The highest BCUT2D eigenvalue weighted by molar-refractivity contribution is 7.80. The Bertz CT molecular complexity index is 368. The van der Waals surface area contributed by atoms with Crippen LogP contribution >= 0.6 is 12.2 Å². The first kappa shape index (κ1) is 20.1. The molecule has 0 bridgehead atoms. The van der Waals surface area contributed by atoms with Crippen LogP contribution in [0.25, 0.3) is 0 Å². The Morgan fingerprint density at radius 2 is 1.75 bits per heavy atom. The summed E-state index contributed by atoms with van der Waals surface area (Å²) in [6.45, 7) is 1.56. The molecule has 0 radical (unpaired) electrons. The van der Waals surface area contributed by atoms with Crippen LogP contribution in [0, 0.1) is 5.41 Å². The Hall–Kier alpha value is -2.20. The molecule has 0 amide bonds. The van der Waals surface area contributed by atoms with Crippen molar-refractivity contribution in [2.45, 2.75) is 0 Å². The van der Waals surface area contributed by atoms with E-state index in [1.54, 1.807) is 0 Å². The van der Waals surface area contributed by atoms with Crippen molar-refractivity contribution in [1.29, 1.82) is 5.41 Å². The number of hydrogen-bond donors (Lipinski definition) is 6. The first-order valence-electron chi connectivity index (χ1n) is 5.32. The van der Waals surface area contributed by atoms with Crippen molar-refractivity contribution in [2.75, 3.05) is 27.2 Å². The molecule has 20 heavy (non-hydrogen) atoms. The zero-order valence-corrected chi connectivity index (χ0v) is 12.0. The molecule has 0 aliphatic carbocycles. The van der Waals surface area contributed by atoms with E-state index in [1.807, 2.05) is 19.0 Å². The molecule has 0 atom stereocenters. The lowest BCUT2D eigenvalue weighted by Gasteiger charge is -2.12. The van der Waals surface area contributed by atoms with Gasteiger partial charge < -0.3 is 31.5 Å². The van der Waals surface area contributed by atoms with E-state index < -0.39 is 11.9 Å². The van der Waals surface area contributed by atoms with E-state index in [4.69, 9.17) is 21.4 Å². The van der Waals surface area contributed by atoms with Gasteiger partial charge in [0.1, 0.15) is 0 Å². The number of carboxylic acids is 2. The van der Waals surface area contributed by atoms with Crippen LogP contribution in [0.15, 0.2) is 12.2 Å². The van der Waals surface area contributed by atoms with E-state index in [0.29, 0.717) is 18.7 Å². The van der Waals surface area contributed by atoms with Crippen molar-refractivity contribution in [1.82, 2.24) is 15.5 Å². The van der Waals surface area contributed by atoms with Crippen LogP contribution in [-0.2, 0) is 9.59 Å². The van der Waals surface area contributed by atoms with E-state index in [0.717, 1.165) is 6.54 Å². The minimum atomic E-state index is -1.26. The van der Waals surface area contributed by atoms with Crippen molar-refractivity contribution in [3.05, 3.63) is 12.2 Å². The predicted octanol–water partition coefficient (Wildman–Crippen LogP) is -1.38. The number of hydrogen-bond acceptors (Lipinski definition) is 5. The maximum Gasteiger partial charge on any atom is 0.328 e. The van der Waals surface area contributed by atoms with Crippen molar-refractivity contribution in [3.8, 4) is 0 Å². The second kappa shape index (κ2) is 11.9. The maximum absolute atomic E-state index is 9.55. The van der Waals surface area contributed by atoms with Crippen molar-refractivity contribution in [3.63, 3.8) is 0 Å². The van der Waals surface area contributed by atoms with Crippen molar-refractivity contribution in [2.24, 2.45) is 5.73 Å². The Morgan fingerprint density at radius 1 is 1.30 bits per heavy atom. The molecule has 10 heteroatoms. The quantitative estimate of drug-likeness (QED) is 0.156. The fraction of sp³-hybridized carbons (Fsp3) is 0.400. The van der Waals surface area contributed by atoms with Crippen LogP contribution in [0.2, 0.25) is 0 Å². The van der Waals surface area contributed by atoms with Gasteiger partial charge in [0.25, 0.3) is 0 Å². The summed E-state index contributed by atoms with van der Waals surface area (Å²) in [5.74, 6) is -2.37. The smallest absolute Gasteiger partial charge is 0.328 e. The molecule has 0 unspecified atom stereocenters. The summed E-state index contributed by atoms with van der Waals surface area (Å²) in [6.07, 6.45) is 1.12. The van der Waals surface area contributed by atoms with Gasteiger partial charge in [-0.2, -0.15) is 0 Å². The van der Waals surface area contributed by atoms with Gasteiger partial charge in [0.05, 0.1) is 0 Å².